The third-order valence-corrected chi connectivity index (χ3v) is 1.45. The van der Waals surface area contributed by atoms with Gasteiger partial charge in [-0.25, -0.2) is 0 Å². The van der Waals surface area contributed by atoms with Crippen molar-refractivity contribution in [1.82, 2.24) is 0 Å². The van der Waals surface area contributed by atoms with Crippen molar-refractivity contribution in [3.8, 4) is 0 Å². The molecule has 0 atom stereocenters. The van der Waals surface area contributed by atoms with Crippen LogP contribution in [0.5, 0.6) is 0 Å². The van der Waals surface area contributed by atoms with Gasteiger partial charge in [0.05, 0.1) is 0 Å². The minimum atomic E-state index is -0.226. The normalized spacial score (nSPS) is 11.2. The molecule has 0 aliphatic heterocycles. The number of carbonyl (C=O) groups is 1. The van der Waals surface area contributed by atoms with Crippen LogP contribution in [0.3, 0.4) is 0 Å². The zero-order valence-electron chi connectivity index (χ0n) is 8.45. The van der Waals surface area contributed by atoms with E-state index in [0.29, 0.717) is 6.61 Å². The van der Waals surface area contributed by atoms with Crippen LogP contribution in [0.2, 0.25) is 0 Å². The molecule has 74 valence electrons. The van der Waals surface area contributed by atoms with Gasteiger partial charge in [-0.1, -0.05) is 31.2 Å². The third-order valence-electron chi connectivity index (χ3n) is 1.45. The molecule has 0 fully saturated rings. The summed E-state index contributed by atoms with van der Waals surface area (Å²) >= 11 is 0. The molecule has 0 aromatic heterocycles. The summed E-state index contributed by atoms with van der Waals surface area (Å²) in [4.78, 5) is 10.4. The summed E-state index contributed by atoms with van der Waals surface area (Å²) in [5.41, 5.74) is 0. The van der Waals surface area contributed by atoms with Gasteiger partial charge in [0.25, 0.3) is 0 Å². The number of rotatable bonds is 6. The molecule has 0 aromatic rings. The lowest BCUT2D eigenvalue weighted by Gasteiger charge is -1.93. The summed E-state index contributed by atoms with van der Waals surface area (Å²) in [6.45, 7) is 3.93. The summed E-state index contributed by atoms with van der Waals surface area (Å²) < 4.78 is 4.73. The Morgan fingerprint density at radius 3 is 2.31 bits per heavy atom. The first-order valence-electron chi connectivity index (χ1n) is 4.70. The first kappa shape index (κ1) is 11.9. The van der Waals surface area contributed by atoms with Gasteiger partial charge in [-0.15, -0.1) is 0 Å². The zero-order chi connectivity index (χ0) is 9.94. The first-order valence-corrected chi connectivity index (χ1v) is 4.70. The SMILES string of the molecule is CCC=CCCC=CCOC(C)=O. The van der Waals surface area contributed by atoms with E-state index in [0.717, 1.165) is 19.3 Å². The molecule has 0 spiro atoms. The lowest BCUT2D eigenvalue weighted by molar-refractivity contribution is -0.139. The van der Waals surface area contributed by atoms with Crippen LogP contribution < -0.4 is 0 Å². The topological polar surface area (TPSA) is 26.3 Å². The highest BCUT2D eigenvalue weighted by molar-refractivity contribution is 5.65. The van der Waals surface area contributed by atoms with Crippen LogP contribution in [0.4, 0.5) is 0 Å². The van der Waals surface area contributed by atoms with Crippen LogP contribution in [0, 0.1) is 0 Å². The average molecular weight is 182 g/mol. The molecule has 0 radical (unpaired) electrons. The van der Waals surface area contributed by atoms with E-state index in [-0.39, 0.29) is 5.97 Å². The van der Waals surface area contributed by atoms with Crippen molar-refractivity contribution in [2.45, 2.75) is 33.1 Å². The molecule has 0 heterocycles. The van der Waals surface area contributed by atoms with Gasteiger partial charge in [0.15, 0.2) is 0 Å². The lowest BCUT2D eigenvalue weighted by Crippen LogP contribution is -1.97. The summed E-state index contributed by atoms with van der Waals surface area (Å²) in [6.07, 6.45) is 11.4. The standard InChI is InChI=1S/C11H18O2/c1-3-4-5-6-7-8-9-10-13-11(2)12/h4-5,8-9H,3,6-7,10H2,1-2H3. The summed E-state index contributed by atoms with van der Waals surface area (Å²) in [5.74, 6) is -0.226. The van der Waals surface area contributed by atoms with Gasteiger partial charge >= 0.3 is 5.97 Å². The molecule has 2 nitrogen and oxygen atoms in total. The molecule has 0 unspecified atom stereocenters. The van der Waals surface area contributed by atoms with Gasteiger partial charge in [0, 0.05) is 6.92 Å². The Morgan fingerprint density at radius 1 is 1.15 bits per heavy atom. The number of ether oxygens (including phenoxy) is 1. The van der Waals surface area contributed by atoms with Crippen LogP contribution in [-0.2, 0) is 9.53 Å². The second kappa shape index (κ2) is 9.04. The zero-order valence-corrected chi connectivity index (χ0v) is 8.45. The van der Waals surface area contributed by atoms with E-state index in [1.54, 1.807) is 0 Å². The van der Waals surface area contributed by atoms with Crippen molar-refractivity contribution < 1.29 is 9.53 Å². The summed E-state index contributed by atoms with van der Waals surface area (Å²) in [6, 6.07) is 0. The molecule has 0 aromatic carbocycles. The maximum atomic E-state index is 10.4. The molecule has 13 heavy (non-hydrogen) atoms. The maximum absolute atomic E-state index is 10.4. The average Bonchev–Trinajstić information content (AvgIpc) is 2.09. The molecular formula is C11H18O2. The molecule has 0 aliphatic carbocycles. The maximum Gasteiger partial charge on any atom is 0.302 e. The van der Waals surface area contributed by atoms with Crippen LogP contribution in [-0.4, -0.2) is 12.6 Å². The quantitative estimate of drug-likeness (QED) is 0.358. The Labute approximate surface area is 80.3 Å². The fourth-order valence-corrected chi connectivity index (χ4v) is 0.828. The van der Waals surface area contributed by atoms with E-state index >= 15 is 0 Å². The smallest absolute Gasteiger partial charge is 0.302 e. The van der Waals surface area contributed by atoms with Crippen molar-refractivity contribution in [1.29, 1.82) is 0 Å². The number of unbranched alkanes of at least 4 members (excludes halogenated alkanes) is 1. The van der Waals surface area contributed by atoms with Gasteiger partial charge in [0.2, 0.25) is 0 Å². The van der Waals surface area contributed by atoms with E-state index in [2.05, 4.69) is 19.1 Å². The number of hydrogen-bond donors (Lipinski definition) is 0. The Bertz CT molecular complexity index is 181. The predicted molar refractivity (Wildman–Crippen MR) is 54.4 cm³/mol. The van der Waals surface area contributed by atoms with Crippen LogP contribution in [0.25, 0.3) is 0 Å². The monoisotopic (exact) mass is 182 g/mol. The van der Waals surface area contributed by atoms with Crippen LogP contribution in [0.1, 0.15) is 33.1 Å². The first-order chi connectivity index (χ1) is 6.27. The van der Waals surface area contributed by atoms with Crippen molar-refractivity contribution in [3.05, 3.63) is 24.3 Å². The van der Waals surface area contributed by atoms with E-state index in [9.17, 15) is 4.79 Å². The lowest BCUT2D eigenvalue weighted by atomic mass is 10.2. The van der Waals surface area contributed by atoms with Crippen molar-refractivity contribution in [3.63, 3.8) is 0 Å². The van der Waals surface area contributed by atoms with E-state index < -0.39 is 0 Å². The Kier molecular flexibility index (Phi) is 8.31. The fraction of sp³-hybridized carbons (Fsp3) is 0.545. The van der Waals surface area contributed by atoms with Gasteiger partial charge in [-0.3, -0.25) is 4.79 Å². The van der Waals surface area contributed by atoms with Crippen molar-refractivity contribution >= 4 is 5.97 Å². The van der Waals surface area contributed by atoms with Gasteiger partial charge in [-0.05, 0) is 19.3 Å². The number of allylic oxidation sites excluding steroid dienone is 3. The van der Waals surface area contributed by atoms with Crippen LogP contribution in [0.15, 0.2) is 24.3 Å². The fourth-order valence-electron chi connectivity index (χ4n) is 0.828. The highest BCUT2D eigenvalue weighted by Gasteiger charge is 1.85. The third kappa shape index (κ3) is 10.9. The van der Waals surface area contributed by atoms with Gasteiger partial charge in [-0.2, -0.15) is 0 Å². The molecule has 0 N–H and O–H groups in total. The number of hydrogen-bond acceptors (Lipinski definition) is 2. The molecule has 0 saturated carbocycles. The van der Waals surface area contributed by atoms with E-state index in [1.807, 2.05) is 12.2 Å². The molecule has 0 rings (SSSR count). The molecule has 0 amide bonds. The Balaban J connectivity index is 3.22. The second-order valence-electron chi connectivity index (χ2n) is 2.73. The highest BCUT2D eigenvalue weighted by Crippen LogP contribution is 1.94. The Hall–Kier alpha value is -1.05. The van der Waals surface area contributed by atoms with E-state index in [1.165, 1.54) is 6.92 Å². The van der Waals surface area contributed by atoms with Gasteiger partial charge < -0.3 is 4.74 Å². The minimum Gasteiger partial charge on any atom is -0.462 e. The van der Waals surface area contributed by atoms with Crippen molar-refractivity contribution in [2.75, 3.05) is 6.61 Å². The molecule has 2 heteroatoms. The summed E-state index contributed by atoms with van der Waals surface area (Å²) in [7, 11) is 0. The number of esters is 1. The van der Waals surface area contributed by atoms with Crippen molar-refractivity contribution in [2.24, 2.45) is 0 Å². The molecule has 0 saturated heterocycles. The minimum absolute atomic E-state index is 0.226. The molecule has 0 aliphatic rings. The van der Waals surface area contributed by atoms with Crippen LogP contribution >= 0.6 is 0 Å². The largest absolute Gasteiger partial charge is 0.462 e. The molecule has 0 bridgehead atoms. The Morgan fingerprint density at radius 2 is 1.77 bits per heavy atom. The predicted octanol–water partition coefficient (Wildman–Crippen LogP) is 2.85. The van der Waals surface area contributed by atoms with Gasteiger partial charge in [0.1, 0.15) is 6.61 Å². The van der Waals surface area contributed by atoms with E-state index in [4.69, 9.17) is 4.74 Å². The molecular weight excluding hydrogens is 164 g/mol. The highest BCUT2D eigenvalue weighted by atomic mass is 16.5. The number of carbonyl (C=O) groups excluding carboxylic acids is 1. The summed E-state index contributed by atoms with van der Waals surface area (Å²) in [5, 5.41) is 0. The second-order valence-corrected chi connectivity index (χ2v) is 2.73.